The second-order valence-electron chi connectivity index (χ2n) is 8.58. The van der Waals surface area contributed by atoms with E-state index in [1.165, 1.54) is 6.33 Å². The third-order valence-corrected chi connectivity index (χ3v) is 6.34. The predicted octanol–water partition coefficient (Wildman–Crippen LogP) is 2.84. The maximum atomic E-state index is 10.3. The maximum absolute atomic E-state index is 10.3. The SMILES string of the molecule is Nc1ncnc2c1nc(-c1ccc(-c3ccc(-c4ccccn4)nc3)cc1)n2[C@H]1C[C@H](O)[C@@H](CO)O1. The lowest BCUT2D eigenvalue weighted by Gasteiger charge is -2.17. The second kappa shape index (κ2) is 9.08. The largest absolute Gasteiger partial charge is 0.394 e. The van der Waals surface area contributed by atoms with Crippen molar-refractivity contribution >= 4 is 17.0 Å². The number of nitrogens with zero attached hydrogens (tertiary/aromatic N) is 6. The first-order valence-corrected chi connectivity index (χ1v) is 11.5. The summed E-state index contributed by atoms with van der Waals surface area (Å²) in [7, 11) is 0. The lowest BCUT2D eigenvalue weighted by Crippen LogP contribution is -2.24. The first-order chi connectivity index (χ1) is 17.6. The maximum Gasteiger partial charge on any atom is 0.168 e. The van der Waals surface area contributed by atoms with Crippen molar-refractivity contribution in [3.8, 4) is 33.9 Å². The van der Waals surface area contributed by atoms with E-state index < -0.39 is 18.4 Å². The summed E-state index contributed by atoms with van der Waals surface area (Å²) in [6.07, 6.45) is 3.20. The Labute approximate surface area is 206 Å². The molecule has 1 fully saturated rings. The molecule has 36 heavy (non-hydrogen) atoms. The van der Waals surface area contributed by atoms with E-state index in [-0.39, 0.29) is 12.4 Å². The molecule has 0 bridgehead atoms. The van der Waals surface area contributed by atoms with Crippen LogP contribution in [-0.4, -0.2) is 58.5 Å². The number of ether oxygens (including phenoxy) is 1. The van der Waals surface area contributed by atoms with Crippen molar-refractivity contribution in [1.82, 2.24) is 29.5 Å². The highest BCUT2D eigenvalue weighted by atomic mass is 16.5. The van der Waals surface area contributed by atoms with Gasteiger partial charge in [0, 0.05) is 29.9 Å². The Morgan fingerprint density at radius 2 is 1.69 bits per heavy atom. The van der Waals surface area contributed by atoms with E-state index in [0.717, 1.165) is 28.1 Å². The molecule has 0 amide bonds. The number of fused-ring (bicyclic) bond motifs is 1. The van der Waals surface area contributed by atoms with Crippen LogP contribution in [0.25, 0.3) is 45.1 Å². The van der Waals surface area contributed by atoms with Gasteiger partial charge in [0.15, 0.2) is 17.0 Å². The molecule has 10 heteroatoms. The van der Waals surface area contributed by atoms with E-state index in [9.17, 15) is 10.2 Å². The van der Waals surface area contributed by atoms with Crippen LogP contribution in [0.2, 0.25) is 0 Å². The van der Waals surface area contributed by atoms with Crippen molar-refractivity contribution < 1.29 is 14.9 Å². The molecule has 1 aromatic carbocycles. The number of benzene rings is 1. The van der Waals surface area contributed by atoms with Crippen LogP contribution >= 0.6 is 0 Å². The molecule has 4 aromatic heterocycles. The van der Waals surface area contributed by atoms with Crippen LogP contribution < -0.4 is 5.73 Å². The van der Waals surface area contributed by atoms with Crippen molar-refractivity contribution in [2.24, 2.45) is 0 Å². The fourth-order valence-corrected chi connectivity index (χ4v) is 4.48. The molecular formula is C26H23N7O3. The molecule has 4 N–H and O–H groups in total. The second-order valence-corrected chi connectivity index (χ2v) is 8.58. The van der Waals surface area contributed by atoms with Gasteiger partial charge < -0.3 is 20.7 Å². The third kappa shape index (κ3) is 3.87. The standard InChI is InChI=1S/C26H23N7O3/c27-24-23-26(31-14-30-24)33(22-11-20(35)21(13-34)36-22)25(32-23)16-6-4-15(5-7-16)17-8-9-19(29-12-17)18-3-1-2-10-28-18/h1-10,12,14,20-22,34-35H,11,13H2,(H2,27,30,31)/t20-,21+,22+/m0/s1. The van der Waals surface area contributed by atoms with E-state index >= 15 is 0 Å². The molecule has 0 radical (unpaired) electrons. The van der Waals surface area contributed by atoms with Gasteiger partial charge in [0.25, 0.3) is 0 Å². The number of aliphatic hydroxyl groups excluding tert-OH is 2. The smallest absolute Gasteiger partial charge is 0.168 e. The number of aromatic nitrogens is 6. The number of nitrogen functional groups attached to an aromatic ring is 1. The van der Waals surface area contributed by atoms with Gasteiger partial charge in [-0.3, -0.25) is 14.5 Å². The molecule has 0 unspecified atom stereocenters. The van der Waals surface area contributed by atoms with Crippen LogP contribution in [0, 0.1) is 0 Å². The zero-order valence-corrected chi connectivity index (χ0v) is 19.1. The minimum absolute atomic E-state index is 0.257. The Kier molecular flexibility index (Phi) is 5.61. The van der Waals surface area contributed by atoms with Gasteiger partial charge in [-0.25, -0.2) is 15.0 Å². The lowest BCUT2D eigenvalue weighted by molar-refractivity contribution is -0.0426. The van der Waals surface area contributed by atoms with E-state index in [1.807, 2.05) is 65.4 Å². The molecule has 0 aliphatic carbocycles. The number of rotatable bonds is 5. The summed E-state index contributed by atoms with van der Waals surface area (Å²) in [5.74, 6) is 0.844. The van der Waals surface area contributed by atoms with Crippen molar-refractivity contribution in [2.75, 3.05) is 12.3 Å². The van der Waals surface area contributed by atoms with Gasteiger partial charge in [0.1, 0.15) is 24.5 Å². The Bertz CT molecular complexity index is 1510. The molecular weight excluding hydrogens is 458 g/mol. The van der Waals surface area contributed by atoms with Crippen molar-refractivity contribution in [3.63, 3.8) is 0 Å². The highest BCUT2D eigenvalue weighted by molar-refractivity contribution is 5.85. The van der Waals surface area contributed by atoms with Gasteiger partial charge in [-0.1, -0.05) is 36.4 Å². The Morgan fingerprint density at radius 3 is 2.39 bits per heavy atom. The number of aliphatic hydroxyl groups is 2. The van der Waals surface area contributed by atoms with Crippen molar-refractivity contribution in [1.29, 1.82) is 0 Å². The van der Waals surface area contributed by atoms with E-state index in [0.29, 0.717) is 23.4 Å². The highest BCUT2D eigenvalue weighted by Gasteiger charge is 2.37. The van der Waals surface area contributed by atoms with E-state index in [1.54, 1.807) is 6.20 Å². The zero-order chi connectivity index (χ0) is 24.6. The van der Waals surface area contributed by atoms with Crippen LogP contribution in [0.15, 0.2) is 73.3 Å². The molecule has 0 saturated carbocycles. The van der Waals surface area contributed by atoms with Crippen LogP contribution in [0.5, 0.6) is 0 Å². The van der Waals surface area contributed by atoms with Crippen molar-refractivity contribution in [2.45, 2.75) is 24.9 Å². The van der Waals surface area contributed by atoms with Crippen LogP contribution in [0.4, 0.5) is 5.82 Å². The summed E-state index contributed by atoms with van der Waals surface area (Å²) in [5, 5.41) is 19.9. The van der Waals surface area contributed by atoms with Crippen LogP contribution in [0.3, 0.4) is 0 Å². The number of imidazole rings is 1. The average Bonchev–Trinajstić information content (AvgIpc) is 3.50. The Morgan fingerprint density at radius 1 is 0.917 bits per heavy atom. The van der Waals surface area contributed by atoms with Gasteiger partial charge >= 0.3 is 0 Å². The minimum Gasteiger partial charge on any atom is -0.394 e. The third-order valence-electron chi connectivity index (χ3n) is 6.34. The van der Waals surface area contributed by atoms with Gasteiger partial charge in [0.2, 0.25) is 0 Å². The van der Waals surface area contributed by atoms with Crippen LogP contribution in [-0.2, 0) is 4.74 Å². The number of pyridine rings is 2. The van der Waals surface area contributed by atoms with Gasteiger partial charge in [-0.05, 0) is 23.8 Å². The number of nitrogens with two attached hydrogens (primary N) is 1. The van der Waals surface area contributed by atoms with Crippen LogP contribution in [0.1, 0.15) is 12.6 Å². The minimum atomic E-state index is -0.798. The molecule has 1 saturated heterocycles. The summed E-state index contributed by atoms with van der Waals surface area (Å²) >= 11 is 0. The normalized spacial score (nSPS) is 19.7. The Balaban J connectivity index is 1.36. The van der Waals surface area contributed by atoms with E-state index in [4.69, 9.17) is 15.5 Å². The Hall–Kier alpha value is -4.25. The molecule has 1 aliphatic heterocycles. The first kappa shape index (κ1) is 22.2. The number of hydrogen-bond acceptors (Lipinski definition) is 9. The highest BCUT2D eigenvalue weighted by Crippen LogP contribution is 2.36. The van der Waals surface area contributed by atoms with Gasteiger partial charge in [-0.2, -0.15) is 0 Å². The molecule has 180 valence electrons. The summed E-state index contributed by atoms with van der Waals surface area (Å²) in [5.41, 5.74) is 11.5. The predicted molar refractivity (Wildman–Crippen MR) is 133 cm³/mol. The molecule has 0 spiro atoms. The fraction of sp³-hybridized carbons (Fsp3) is 0.192. The summed E-state index contributed by atoms with van der Waals surface area (Å²) in [6.45, 7) is -0.279. The first-order valence-electron chi connectivity index (χ1n) is 11.5. The number of hydrogen-bond donors (Lipinski definition) is 3. The molecule has 5 heterocycles. The zero-order valence-electron chi connectivity index (χ0n) is 19.1. The monoisotopic (exact) mass is 481 g/mol. The summed E-state index contributed by atoms with van der Waals surface area (Å²) in [6, 6.07) is 17.6. The summed E-state index contributed by atoms with van der Waals surface area (Å²) in [4.78, 5) is 22.1. The van der Waals surface area contributed by atoms with E-state index in [2.05, 4.69) is 19.9 Å². The number of anilines is 1. The average molecular weight is 482 g/mol. The molecule has 6 rings (SSSR count). The summed E-state index contributed by atoms with van der Waals surface area (Å²) < 4.78 is 7.74. The fourth-order valence-electron chi connectivity index (χ4n) is 4.48. The van der Waals surface area contributed by atoms with Gasteiger partial charge in [-0.15, -0.1) is 0 Å². The lowest BCUT2D eigenvalue weighted by atomic mass is 10.0. The molecule has 3 atom stereocenters. The molecule has 10 nitrogen and oxygen atoms in total. The molecule has 5 aromatic rings. The topological polar surface area (TPSA) is 145 Å². The quantitative estimate of drug-likeness (QED) is 0.345. The van der Waals surface area contributed by atoms with Gasteiger partial charge in [0.05, 0.1) is 24.1 Å². The van der Waals surface area contributed by atoms with Crippen molar-refractivity contribution in [3.05, 3.63) is 73.3 Å². The molecule has 1 aliphatic rings.